The Kier molecular flexibility index (Phi) is 4.57. The molecule has 0 aliphatic heterocycles. The molecule has 0 aliphatic rings. The predicted molar refractivity (Wildman–Crippen MR) is 84.2 cm³/mol. The maximum absolute atomic E-state index is 12.3. The lowest BCUT2D eigenvalue weighted by atomic mass is 10.00. The average Bonchev–Trinajstić information content (AvgIpc) is 2.46. The lowest BCUT2D eigenvalue weighted by Gasteiger charge is -2.15. The smallest absolute Gasteiger partial charge is 0.196 e. The predicted octanol–water partition coefficient (Wildman–Crippen LogP) is 3.43. The standard InChI is InChI=1S/C16H16BrNO2/c1-18(2)12-9-7-11(8-10-12)15(19)16(20)13-5-3-4-6-14(13)17/h3-10,15,19H,1-2H3. The van der Waals surface area contributed by atoms with Gasteiger partial charge < -0.3 is 10.0 Å². The second-order valence-corrected chi connectivity index (χ2v) is 5.59. The van der Waals surface area contributed by atoms with E-state index in [-0.39, 0.29) is 5.78 Å². The molecule has 0 saturated carbocycles. The Morgan fingerprint density at radius 2 is 1.70 bits per heavy atom. The molecule has 20 heavy (non-hydrogen) atoms. The van der Waals surface area contributed by atoms with Crippen LogP contribution in [0.2, 0.25) is 0 Å². The minimum atomic E-state index is -1.15. The van der Waals surface area contributed by atoms with Gasteiger partial charge in [-0.3, -0.25) is 4.79 Å². The van der Waals surface area contributed by atoms with Crippen molar-refractivity contribution in [2.24, 2.45) is 0 Å². The molecule has 0 amide bonds. The number of hydrogen-bond donors (Lipinski definition) is 1. The minimum Gasteiger partial charge on any atom is -0.380 e. The van der Waals surface area contributed by atoms with E-state index in [0.29, 0.717) is 15.6 Å². The molecular weight excluding hydrogens is 318 g/mol. The summed E-state index contributed by atoms with van der Waals surface area (Å²) in [4.78, 5) is 14.3. The van der Waals surface area contributed by atoms with Crippen LogP contribution in [0.4, 0.5) is 5.69 Å². The molecule has 2 aromatic carbocycles. The molecular formula is C16H16BrNO2. The van der Waals surface area contributed by atoms with E-state index in [0.717, 1.165) is 5.69 Å². The third-order valence-corrected chi connectivity index (χ3v) is 3.80. The molecule has 104 valence electrons. The van der Waals surface area contributed by atoms with Gasteiger partial charge in [0.25, 0.3) is 0 Å². The number of benzene rings is 2. The Morgan fingerprint density at radius 1 is 1.10 bits per heavy atom. The highest BCUT2D eigenvalue weighted by atomic mass is 79.9. The van der Waals surface area contributed by atoms with Crippen LogP contribution in [0.1, 0.15) is 22.0 Å². The van der Waals surface area contributed by atoms with E-state index in [1.165, 1.54) is 0 Å². The molecule has 4 heteroatoms. The van der Waals surface area contributed by atoms with Gasteiger partial charge in [0.2, 0.25) is 0 Å². The van der Waals surface area contributed by atoms with E-state index in [2.05, 4.69) is 15.9 Å². The molecule has 0 fully saturated rings. The maximum Gasteiger partial charge on any atom is 0.196 e. The van der Waals surface area contributed by atoms with Crippen LogP contribution in [0.25, 0.3) is 0 Å². The van der Waals surface area contributed by atoms with Crippen LogP contribution in [0.15, 0.2) is 53.0 Å². The lowest BCUT2D eigenvalue weighted by molar-refractivity contribution is 0.0746. The quantitative estimate of drug-likeness (QED) is 0.871. The summed E-state index contributed by atoms with van der Waals surface area (Å²) in [6, 6.07) is 14.4. The first kappa shape index (κ1) is 14.8. The summed E-state index contributed by atoms with van der Waals surface area (Å²) in [5.74, 6) is -0.310. The summed E-state index contributed by atoms with van der Waals surface area (Å²) in [6.07, 6.45) is -1.15. The number of rotatable bonds is 4. The third-order valence-electron chi connectivity index (χ3n) is 3.11. The van der Waals surface area contributed by atoms with Crippen molar-refractivity contribution in [3.8, 4) is 0 Å². The Hall–Kier alpha value is -1.65. The van der Waals surface area contributed by atoms with Crippen molar-refractivity contribution in [1.82, 2.24) is 0 Å². The number of aliphatic hydroxyl groups is 1. The van der Waals surface area contributed by atoms with Gasteiger partial charge in [-0.15, -0.1) is 0 Å². The monoisotopic (exact) mass is 333 g/mol. The minimum absolute atomic E-state index is 0.310. The zero-order valence-electron chi connectivity index (χ0n) is 11.4. The molecule has 1 unspecified atom stereocenters. The van der Waals surface area contributed by atoms with Crippen LogP contribution in [0.5, 0.6) is 0 Å². The van der Waals surface area contributed by atoms with Gasteiger partial charge in [0, 0.05) is 29.8 Å². The van der Waals surface area contributed by atoms with Crippen molar-refractivity contribution in [2.45, 2.75) is 6.10 Å². The summed E-state index contributed by atoms with van der Waals surface area (Å²) in [5.41, 5.74) is 2.10. The SMILES string of the molecule is CN(C)c1ccc(C(O)C(=O)c2ccccc2Br)cc1. The van der Waals surface area contributed by atoms with Crippen molar-refractivity contribution in [2.75, 3.05) is 19.0 Å². The second kappa shape index (κ2) is 6.20. The molecule has 0 saturated heterocycles. The molecule has 0 heterocycles. The van der Waals surface area contributed by atoms with Crippen LogP contribution < -0.4 is 4.90 Å². The molecule has 2 aromatic rings. The number of carbonyl (C=O) groups excluding carboxylic acids is 1. The number of carbonyl (C=O) groups is 1. The van der Waals surface area contributed by atoms with Gasteiger partial charge >= 0.3 is 0 Å². The van der Waals surface area contributed by atoms with Crippen molar-refractivity contribution >= 4 is 27.4 Å². The fourth-order valence-corrected chi connectivity index (χ4v) is 2.39. The number of ketones is 1. The number of anilines is 1. The highest BCUT2D eigenvalue weighted by Crippen LogP contribution is 2.25. The van der Waals surface area contributed by atoms with E-state index in [1.807, 2.05) is 37.2 Å². The summed E-state index contributed by atoms with van der Waals surface area (Å²) in [7, 11) is 3.88. The van der Waals surface area contributed by atoms with Crippen molar-refractivity contribution < 1.29 is 9.90 Å². The van der Waals surface area contributed by atoms with E-state index in [1.54, 1.807) is 30.3 Å². The maximum atomic E-state index is 12.3. The molecule has 1 atom stereocenters. The molecule has 1 N–H and O–H groups in total. The molecule has 0 radical (unpaired) electrons. The average molecular weight is 334 g/mol. The van der Waals surface area contributed by atoms with Crippen molar-refractivity contribution in [3.05, 3.63) is 64.1 Å². The number of Topliss-reactive ketones (excluding diaryl/α,β-unsaturated/α-hetero) is 1. The summed E-state index contributed by atoms with van der Waals surface area (Å²) < 4.78 is 0.689. The van der Waals surface area contributed by atoms with Crippen LogP contribution in [0.3, 0.4) is 0 Å². The number of aliphatic hydroxyl groups excluding tert-OH is 1. The molecule has 2 rings (SSSR count). The fraction of sp³-hybridized carbons (Fsp3) is 0.188. The van der Waals surface area contributed by atoms with Crippen molar-refractivity contribution in [1.29, 1.82) is 0 Å². The van der Waals surface area contributed by atoms with Gasteiger partial charge in [0.05, 0.1) is 0 Å². The first-order valence-corrected chi connectivity index (χ1v) is 7.04. The Balaban J connectivity index is 2.25. The first-order valence-electron chi connectivity index (χ1n) is 6.25. The normalized spacial score (nSPS) is 12.0. The number of nitrogens with zero attached hydrogens (tertiary/aromatic N) is 1. The second-order valence-electron chi connectivity index (χ2n) is 4.73. The van der Waals surface area contributed by atoms with E-state index < -0.39 is 6.10 Å². The Morgan fingerprint density at radius 3 is 2.25 bits per heavy atom. The Bertz CT molecular complexity index is 608. The molecule has 0 aromatic heterocycles. The van der Waals surface area contributed by atoms with Gasteiger partial charge in [0.15, 0.2) is 5.78 Å². The largest absolute Gasteiger partial charge is 0.380 e. The van der Waals surface area contributed by atoms with Crippen LogP contribution >= 0.6 is 15.9 Å². The lowest BCUT2D eigenvalue weighted by Crippen LogP contribution is -2.13. The summed E-state index contributed by atoms with van der Waals surface area (Å²) in [5, 5.41) is 10.2. The molecule has 0 bridgehead atoms. The summed E-state index contributed by atoms with van der Waals surface area (Å²) in [6.45, 7) is 0. The van der Waals surface area contributed by atoms with Gasteiger partial charge in [-0.1, -0.05) is 46.3 Å². The molecule has 3 nitrogen and oxygen atoms in total. The van der Waals surface area contributed by atoms with Gasteiger partial charge in [-0.2, -0.15) is 0 Å². The molecule has 0 aliphatic carbocycles. The van der Waals surface area contributed by atoms with Gasteiger partial charge in [-0.05, 0) is 23.8 Å². The first-order chi connectivity index (χ1) is 9.50. The third kappa shape index (κ3) is 3.08. The highest BCUT2D eigenvalue weighted by Gasteiger charge is 2.20. The number of halogens is 1. The van der Waals surface area contributed by atoms with E-state index in [4.69, 9.17) is 0 Å². The van der Waals surface area contributed by atoms with Gasteiger partial charge in [0.1, 0.15) is 6.10 Å². The van der Waals surface area contributed by atoms with Crippen LogP contribution in [-0.4, -0.2) is 25.0 Å². The van der Waals surface area contributed by atoms with Crippen molar-refractivity contribution in [3.63, 3.8) is 0 Å². The topological polar surface area (TPSA) is 40.5 Å². The van der Waals surface area contributed by atoms with E-state index in [9.17, 15) is 9.90 Å². The van der Waals surface area contributed by atoms with Crippen LogP contribution in [-0.2, 0) is 0 Å². The van der Waals surface area contributed by atoms with Crippen LogP contribution in [0, 0.1) is 0 Å². The number of hydrogen-bond acceptors (Lipinski definition) is 3. The fourth-order valence-electron chi connectivity index (χ4n) is 1.91. The summed E-state index contributed by atoms with van der Waals surface area (Å²) >= 11 is 3.33. The zero-order valence-corrected chi connectivity index (χ0v) is 13.0. The van der Waals surface area contributed by atoms with Gasteiger partial charge in [-0.25, -0.2) is 0 Å². The zero-order chi connectivity index (χ0) is 14.7. The van der Waals surface area contributed by atoms with E-state index >= 15 is 0 Å². The Labute approximate surface area is 127 Å². The molecule has 0 spiro atoms. The highest BCUT2D eigenvalue weighted by molar-refractivity contribution is 9.10.